The Labute approximate surface area is 159 Å². The second-order valence-electron chi connectivity index (χ2n) is 8.23. The van der Waals surface area contributed by atoms with Crippen molar-refractivity contribution < 1.29 is 15.7 Å². The zero-order valence-electron chi connectivity index (χ0n) is 17.8. The number of piperazine rings is 1. The van der Waals surface area contributed by atoms with E-state index in [0.29, 0.717) is 6.04 Å². The van der Waals surface area contributed by atoms with Gasteiger partial charge in [0.15, 0.2) is 0 Å². The number of ether oxygens (including phenoxy) is 1. The average Bonchev–Trinajstić information content (AvgIpc) is 2.66. The Kier molecular flexibility index (Phi) is 6.89. The highest BCUT2D eigenvalue weighted by Gasteiger charge is 2.28. The lowest BCUT2D eigenvalue weighted by Crippen LogP contribution is -2.55. The summed E-state index contributed by atoms with van der Waals surface area (Å²) in [5.41, 5.74) is -0.804. The van der Waals surface area contributed by atoms with Crippen LogP contribution in [0.5, 0.6) is 0 Å². The molecular weight excluding hydrogens is 332 g/mol. The quantitative estimate of drug-likeness (QED) is 0.714. The number of nitrogens with one attached hydrogen (secondary N) is 1. The Morgan fingerprint density at radius 3 is 2.38 bits per heavy atom. The molecule has 0 aromatic rings. The fourth-order valence-electron chi connectivity index (χ4n) is 3.49. The molecule has 1 unspecified atom stereocenters. The second kappa shape index (κ2) is 9.15. The molecule has 7 heteroatoms. The molecule has 1 N–H and O–H groups in total. The Morgan fingerprint density at radius 1 is 1.19 bits per heavy atom. The Balaban J connectivity index is 1.69. The lowest BCUT2D eigenvalue weighted by atomic mass is 10.0. The SMILES string of the molecule is [2H]CC(C)(C)OC(=O)C(C)NCC(=O)N1CCN(C2CCN(C)CC2)CC1. The molecule has 2 saturated heterocycles. The summed E-state index contributed by atoms with van der Waals surface area (Å²) in [6, 6.07) is 0.0760. The third kappa shape index (κ3) is 6.52. The summed E-state index contributed by atoms with van der Waals surface area (Å²) in [6.07, 6.45) is 2.42. The maximum absolute atomic E-state index is 12.4. The summed E-state index contributed by atoms with van der Waals surface area (Å²) in [6.45, 7) is 10.9. The van der Waals surface area contributed by atoms with Crippen LogP contribution in [0.2, 0.25) is 0 Å². The van der Waals surface area contributed by atoms with Crippen LogP contribution in [0.3, 0.4) is 0 Å². The van der Waals surface area contributed by atoms with Gasteiger partial charge in [0, 0.05) is 33.6 Å². The first kappa shape index (κ1) is 19.6. The molecule has 2 aliphatic rings. The van der Waals surface area contributed by atoms with E-state index in [0.717, 1.165) is 39.3 Å². The highest BCUT2D eigenvalue weighted by Crippen LogP contribution is 2.17. The standard InChI is InChI=1S/C19H36N4O3/c1-15(18(25)26-19(2,3)4)20-14-17(24)23-12-10-22(11-13-23)16-6-8-21(5)9-7-16/h15-16,20H,6-14H2,1-5H3/i2D. The van der Waals surface area contributed by atoms with Crippen molar-refractivity contribution in [2.75, 3.05) is 52.9 Å². The summed E-state index contributed by atoms with van der Waals surface area (Å²) in [5.74, 6) is -0.399. The molecule has 7 nitrogen and oxygen atoms in total. The van der Waals surface area contributed by atoms with Gasteiger partial charge >= 0.3 is 5.97 Å². The number of carbonyl (C=O) groups is 2. The van der Waals surface area contributed by atoms with Gasteiger partial charge in [-0.05, 0) is 60.6 Å². The van der Waals surface area contributed by atoms with Gasteiger partial charge in [0.05, 0.1) is 6.54 Å². The Bertz CT molecular complexity index is 501. The van der Waals surface area contributed by atoms with E-state index in [9.17, 15) is 9.59 Å². The number of esters is 1. The van der Waals surface area contributed by atoms with Crippen LogP contribution in [0, 0.1) is 0 Å². The summed E-state index contributed by atoms with van der Waals surface area (Å²) in [5, 5.41) is 2.96. The van der Waals surface area contributed by atoms with Crippen molar-refractivity contribution in [3.05, 3.63) is 0 Å². The minimum atomic E-state index is -0.804. The molecule has 0 spiro atoms. The average molecular weight is 370 g/mol. The monoisotopic (exact) mass is 369 g/mol. The molecular formula is C19H36N4O3. The van der Waals surface area contributed by atoms with Gasteiger partial charge < -0.3 is 14.5 Å². The van der Waals surface area contributed by atoms with Crippen molar-refractivity contribution in [1.82, 2.24) is 20.0 Å². The summed E-state index contributed by atoms with van der Waals surface area (Å²) in [4.78, 5) is 31.3. The number of nitrogens with zero attached hydrogens (tertiary/aromatic N) is 3. The summed E-state index contributed by atoms with van der Waals surface area (Å²) >= 11 is 0. The van der Waals surface area contributed by atoms with Gasteiger partial charge in [0.1, 0.15) is 11.6 Å². The Hall–Kier alpha value is -1.18. The zero-order chi connectivity index (χ0) is 20.0. The van der Waals surface area contributed by atoms with Gasteiger partial charge in [-0.2, -0.15) is 0 Å². The van der Waals surface area contributed by atoms with Crippen LogP contribution in [-0.4, -0.2) is 97.1 Å². The first-order chi connectivity index (χ1) is 12.7. The third-order valence-electron chi connectivity index (χ3n) is 5.16. The van der Waals surface area contributed by atoms with E-state index in [4.69, 9.17) is 6.11 Å². The summed E-state index contributed by atoms with van der Waals surface area (Å²) in [7, 11) is 2.17. The molecule has 0 aromatic heterocycles. The van der Waals surface area contributed by atoms with E-state index >= 15 is 0 Å². The first-order valence-electron chi connectivity index (χ1n) is 10.4. The number of piperidine rings is 1. The maximum atomic E-state index is 12.4. The van der Waals surface area contributed by atoms with E-state index in [1.807, 2.05) is 4.90 Å². The van der Waals surface area contributed by atoms with Gasteiger partial charge in [0.25, 0.3) is 0 Å². The van der Waals surface area contributed by atoms with E-state index < -0.39 is 17.6 Å². The number of amides is 1. The highest BCUT2D eigenvalue weighted by molar-refractivity contribution is 5.80. The van der Waals surface area contributed by atoms with Crippen LogP contribution in [-0.2, 0) is 14.3 Å². The van der Waals surface area contributed by atoms with Crippen LogP contribution in [0.1, 0.15) is 41.9 Å². The fourth-order valence-corrected chi connectivity index (χ4v) is 3.49. The number of likely N-dealkylation sites (tertiary alicyclic amines) is 1. The largest absolute Gasteiger partial charge is 0.459 e. The molecule has 2 heterocycles. The predicted molar refractivity (Wildman–Crippen MR) is 102 cm³/mol. The molecule has 0 aliphatic carbocycles. The summed E-state index contributed by atoms with van der Waals surface area (Å²) < 4.78 is 12.7. The fraction of sp³-hybridized carbons (Fsp3) is 0.895. The van der Waals surface area contributed by atoms with Gasteiger partial charge in [0.2, 0.25) is 5.91 Å². The third-order valence-corrected chi connectivity index (χ3v) is 5.16. The van der Waals surface area contributed by atoms with Crippen molar-refractivity contribution in [3.63, 3.8) is 0 Å². The first-order valence-corrected chi connectivity index (χ1v) is 9.67. The molecule has 0 saturated carbocycles. The molecule has 1 atom stereocenters. The van der Waals surface area contributed by atoms with Gasteiger partial charge in [-0.3, -0.25) is 19.8 Å². The molecule has 0 aromatic carbocycles. The van der Waals surface area contributed by atoms with Crippen LogP contribution in [0.4, 0.5) is 0 Å². The predicted octanol–water partition coefficient (Wildman–Crippen LogP) is 0.545. The molecule has 150 valence electrons. The van der Waals surface area contributed by atoms with Gasteiger partial charge in [-0.25, -0.2) is 0 Å². The number of hydrogen-bond donors (Lipinski definition) is 1. The van der Waals surface area contributed by atoms with Crippen molar-refractivity contribution in [1.29, 1.82) is 0 Å². The lowest BCUT2D eigenvalue weighted by Gasteiger charge is -2.42. The smallest absolute Gasteiger partial charge is 0.323 e. The molecule has 2 fully saturated rings. The molecule has 26 heavy (non-hydrogen) atoms. The number of rotatable bonds is 5. The van der Waals surface area contributed by atoms with Crippen molar-refractivity contribution in [2.45, 2.75) is 58.2 Å². The van der Waals surface area contributed by atoms with Crippen LogP contribution in [0.15, 0.2) is 0 Å². The van der Waals surface area contributed by atoms with E-state index in [-0.39, 0.29) is 19.4 Å². The molecule has 2 rings (SSSR count). The molecule has 0 radical (unpaired) electrons. The van der Waals surface area contributed by atoms with Crippen LogP contribution in [0.25, 0.3) is 0 Å². The molecule has 1 amide bonds. The maximum Gasteiger partial charge on any atom is 0.323 e. The van der Waals surface area contributed by atoms with Crippen molar-refractivity contribution in [3.8, 4) is 0 Å². The van der Waals surface area contributed by atoms with E-state index in [1.54, 1.807) is 20.8 Å². The Morgan fingerprint density at radius 2 is 1.81 bits per heavy atom. The number of carbonyl (C=O) groups excluding carboxylic acids is 2. The topological polar surface area (TPSA) is 65.1 Å². The highest BCUT2D eigenvalue weighted by atomic mass is 16.6. The van der Waals surface area contributed by atoms with Gasteiger partial charge in [-0.15, -0.1) is 0 Å². The lowest BCUT2D eigenvalue weighted by molar-refractivity contribution is -0.157. The normalized spacial score (nSPS) is 22.8. The minimum absolute atomic E-state index is 0.00590. The van der Waals surface area contributed by atoms with E-state index in [2.05, 4.69) is 22.2 Å². The molecule has 0 bridgehead atoms. The van der Waals surface area contributed by atoms with Crippen molar-refractivity contribution >= 4 is 11.9 Å². The zero-order valence-corrected chi connectivity index (χ0v) is 16.8. The van der Waals surface area contributed by atoms with Crippen molar-refractivity contribution in [2.24, 2.45) is 0 Å². The van der Waals surface area contributed by atoms with Crippen LogP contribution < -0.4 is 5.32 Å². The second-order valence-corrected chi connectivity index (χ2v) is 8.23. The van der Waals surface area contributed by atoms with Crippen LogP contribution >= 0.6 is 0 Å². The number of hydrogen-bond acceptors (Lipinski definition) is 6. The molecule has 2 aliphatic heterocycles. The van der Waals surface area contributed by atoms with E-state index in [1.165, 1.54) is 12.8 Å². The minimum Gasteiger partial charge on any atom is -0.459 e. The van der Waals surface area contributed by atoms with Gasteiger partial charge in [-0.1, -0.05) is 0 Å².